The summed E-state index contributed by atoms with van der Waals surface area (Å²) in [4.78, 5) is 20.2. The Kier molecular flexibility index (Phi) is 6.20. The van der Waals surface area contributed by atoms with E-state index in [0.29, 0.717) is 23.8 Å². The minimum atomic E-state index is -0.538. The van der Waals surface area contributed by atoms with Crippen LogP contribution in [0.2, 0.25) is 5.02 Å². The number of benzene rings is 1. The second-order valence-corrected chi connectivity index (χ2v) is 6.94. The summed E-state index contributed by atoms with van der Waals surface area (Å²) < 4.78 is 0. The average molecular weight is 400 g/mol. The first kappa shape index (κ1) is 19.8. The molecule has 0 aliphatic rings. The van der Waals surface area contributed by atoms with E-state index in [-0.39, 0.29) is 5.91 Å². The van der Waals surface area contributed by atoms with Gasteiger partial charge in [-0.3, -0.25) is 4.79 Å². The lowest BCUT2D eigenvalue weighted by atomic mass is 10.2. The maximum Gasteiger partial charge on any atom is 0.247 e. The molecule has 1 aromatic carbocycles. The lowest BCUT2D eigenvalue weighted by Crippen LogP contribution is -2.33. The molecule has 3 rings (SSSR count). The minimum Gasteiger partial charge on any atom is -0.363 e. The molecule has 0 saturated heterocycles. The quantitative estimate of drug-likeness (QED) is 0.657. The van der Waals surface area contributed by atoms with Gasteiger partial charge in [-0.25, -0.2) is 4.98 Å². The smallest absolute Gasteiger partial charge is 0.247 e. The predicted octanol–water partition coefficient (Wildman–Crippen LogP) is 2.72. The summed E-state index contributed by atoms with van der Waals surface area (Å²) in [6.07, 6.45) is 2.27. The highest BCUT2D eigenvalue weighted by atomic mass is 35.5. The SMILES string of the molecule is CCC(C(=O)NCc1ccnc(N(C)C)c1)n1nnc(-c2ccc(Cl)cc2)n1. The lowest BCUT2D eigenvalue weighted by Gasteiger charge is -2.15. The number of halogens is 1. The molecule has 28 heavy (non-hydrogen) atoms. The molecule has 1 amide bonds. The van der Waals surface area contributed by atoms with Crippen LogP contribution in [0.25, 0.3) is 11.4 Å². The van der Waals surface area contributed by atoms with Gasteiger partial charge >= 0.3 is 0 Å². The number of hydrogen-bond acceptors (Lipinski definition) is 6. The van der Waals surface area contributed by atoms with Crippen molar-refractivity contribution < 1.29 is 4.79 Å². The molecular formula is C19H22ClN7O. The summed E-state index contributed by atoms with van der Waals surface area (Å²) in [5.74, 6) is 1.13. The number of pyridine rings is 1. The van der Waals surface area contributed by atoms with Crippen LogP contribution in [0.4, 0.5) is 5.82 Å². The van der Waals surface area contributed by atoms with E-state index in [2.05, 4.69) is 25.7 Å². The van der Waals surface area contributed by atoms with Crippen molar-refractivity contribution in [1.29, 1.82) is 0 Å². The standard InChI is InChI=1S/C19H22ClN7O/c1-4-16(19(28)22-12-13-9-10-21-17(11-13)26(2)3)27-24-18(23-25-27)14-5-7-15(20)8-6-14/h5-11,16H,4,12H2,1-3H3,(H,22,28). The van der Waals surface area contributed by atoms with Gasteiger partial charge in [-0.15, -0.1) is 10.2 Å². The fourth-order valence-electron chi connectivity index (χ4n) is 2.65. The summed E-state index contributed by atoms with van der Waals surface area (Å²) in [6, 6.07) is 10.4. The van der Waals surface area contributed by atoms with E-state index in [1.54, 1.807) is 18.3 Å². The van der Waals surface area contributed by atoms with Crippen molar-refractivity contribution in [2.45, 2.75) is 25.9 Å². The van der Waals surface area contributed by atoms with Crippen molar-refractivity contribution in [3.8, 4) is 11.4 Å². The van der Waals surface area contributed by atoms with Gasteiger partial charge in [0.2, 0.25) is 11.7 Å². The van der Waals surface area contributed by atoms with E-state index in [1.807, 2.05) is 50.2 Å². The Bertz CT molecular complexity index is 939. The first-order valence-corrected chi connectivity index (χ1v) is 9.31. The Morgan fingerprint density at radius 1 is 1.25 bits per heavy atom. The molecule has 0 saturated carbocycles. The third-order valence-corrected chi connectivity index (χ3v) is 4.49. The van der Waals surface area contributed by atoms with E-state index in [9.17, 15) is 4.79 Å². The number of rotatable bonds is 7. The minimum absolute atomic E-state index is 0.161. The largest absolute Gasteiger partial charge is 0.363 e. The molecule has 2 aromatic heterocycles. The van der Waals surface area contributed by atoms with Crippen LogP contribution in [0.5, 0.6) is 0 Å². The van der Waals surface area contributed by atoms with Gasteiger partial charge in [-0.2, -0.15) is 4.80 Å². The van der Waals surface area contributed by atoms with Crippen molar-refractivity contribution >= 4 is 23.3 Å². The van der Waals surface area contributed by atoms with Crippen molar-refractivity contribution in [3.63, 3.8) is 0 Å². The van der Waals surface area contributed by atoms with Gasteiger partial charge in [0.1, 0.15) is 5.82 Å². The molecule has 3 aromatic rings. The Morgan fingerprint density at radius 2 is 2.00 bits per heavy atom. The average Bonchev–Trinajstić information content (AvgIpc) is 3.17. The lowest BCUT2D eigenvalue weighted by molar-refractivity contribution is -0.125. The van der Waals surface area contributed by atoms with Crippen molar-refractivity contribution in [3.05, 3.63) is 53.2 Å². The number of tetrazole rings is 1. The molecule has 0 aliphatic carbocycles. The summed E-state index contributed by atoms with van der Waals surface area (Å²) in [5.41, 5.74) is 1.76. The first-order valence-electron chi connectivity index (χ1n) is 8.93. The topological polar surface area (TPSA) is 88.8 Å². The number of aromatic nitrogens is 5. The van der Waals surface area contributed by atoms with Gasteiger partial charge in [0.15, 0.2) is 6.04 Å². The van der Waals surface area contributed by atoms with Crippen LogP contribution >= 0.6 is 11.6 Å². The van der Waals surface area contributed by atoms with Crippen LogP contribution in [0.15, 0.2) is 42.6 Å². The zero-order valence-electron chi connectivity index (χ0n) is 16.0. The molecule has 8 nitrogen and oxygen atoms in total. The van der Waals surface area contributed by atoms with Crippen LogP contribution in [-0.2, 0) is 11.3 Å². The number of amides is 1. The Hall–Kier alpha value is -3.00. The molecule has 0 bridgehead atoms. The van der Waals surface area contributed by atoms with Gasteiger partial charge in [-0.05, 0) is 53.6 Å². The zero-order valence-corrected chi connectivity index (χ0v) is 16.8. The fraction of sp³-hybridized carbons (Fsp3) is 0.316. The molecule has 0 aliphatic heterocycles. The highest BCUT2D eigenvalue weighted by Crippen LogP contribution is 2.18. The maximum atomic E-state index is 12.7. The summed E-state index contributed by atoms with van der Waals surface area (Å²) in [6.45, 7) is 2.31. The van der Waals surface area contributed by atoms with E-state index < -0.39 is 6.04 Å². The Balaban J connectivity index is 1.68. The Labute approximate surface area is 168 Å². The molecule has 9 heteroatoms. The van der Waals surface area contributed by atoms with Gasteiger partial charge in [0.05, 0.1) is 0 Å². The van der Waals surface area contributed by atoms with Crippen LogP contribution in [0.3, 0.4) is 0 Å². The number of nitrogens with one attached hydrogen (secondary N) is 1. The molecule has 1 N–H and O–H groups in total. The normalized spacial score (nSPS) is 11.9. The fourth-order valence-corrected chi connectivity index (χ4v) is 2.77. The molecule has 1 atom stereocenters. The molecule has 0 fully saturated rings. The third-order valence-electron chi connectivity index (χ3n) is 4.23. The highest BCUT2D eigenvalue weighted by Gasteiger charge is 2.21. The second kappa shape index (κ2) is 8.79. The van der Waals surface area contributed by atoms with E-state index in [1.165, 1.54) is 4.80 Å². The number of carbonyl (C=O) groups is 1. The van der Waals surface area contributed by atoms with Crippen molar-refractivity contribution in [1.82, 2.24) is 30.5 Å². The number of carbonyl (C=O) groups excluding carboxylic acids is 1. The molecule has 1 unspecified atom stereocenters. The Morgan fingerprint density at radius 3 is 2.68 bits per heavy atom. The number of nitrogens with zero attached hydrogens (tertiary/aromatic N) is 6. The first-order chi connectivity index (χ1) is 13.5. The molecule has 2 heterocycles. The van der Waals surface area contributed by atoms with E-state index in [4.69, 9.17) is 11.6 Å². The van der Waals surface area contributed by atoms with Crippen LogP contribution < -0.4 is 10.2 Å². The van der Waals surface area contributed by atoms with Gasteiger partial charge in [0, 0.05) is 37.4 Å². The van der Waals surface area contributed by atoms with Gasteiger partial charge < -0.3 is 10.2 Å². The van der Waals surface area contributed by atoms with Crippen molar-refractivity contribution in [2.24, 2.45) is 0 Å². The molecular weight excluding hydrogens is 378 g/mol. The monoisotopic (exact) mass is 399 g/mol. The predicted molar refractivity (Wildman–Crippen MR) is 108 cm³/mol. The summed E-state index contributed by atoms with van der Waals surface area (Å²) >= 11 is 5.91. The van der Waals surface area contributed by atoms with Crippen LogP contribution in [0, 0.1) is 0 Å². The zero-order chi connectivity index (χ0) is 20.1. The summed E-state index contributed by atoms with van der Waals surface area (Å²) in [7, 11) is 3.85. The van der Waals surface area contributed by atoms with Gasteiger partial charge in [0.25, 0.3) is 0 Å². The molecule has 146 valence electrons. The second-order valence-electron chi connectivity index (χ2n) is 6.50. The van der Waals surface area contributed by atoms with Gasteiger partial charge in [-0.1, -0.05) is 18.5 Å². The van der Waals surface area contributed by atoms with E-state index in [0.717, 1.165) is 16.9 Å². The van der Waals surface area contributed by atoms with Crippen molar-refractivity contribution in [2.75, 3.05) is 19.0 Å². The summed E-state index contributed by atoms with van der Waals surface area (Å²) in [5, 5.41) is 16.1. The van der Waals surface area contributed by atoms with Crippen LogP contribution in [-0.4, -0.2) is 45.2 Å². The molecule has 0 radical (unpaired) electrons. The molecule has 0 spiro atoms. The van der Waals surface area contributed by atoms with Crippen LogP contribution in [0.1, 0.15) is 24.9 Å². The highest BCUT2D eigenvalue weighted by molar-refractivity contribution is 6.30. The number of hydrogen-bond donors (Lipinski definition) is 1. The maximum absolute atomic E-state index is 12.7. The van der Waals surface area contributed by atoms with E-state index >= 15 is 0 Å². The number of anilines is 1. The third kappa shape index (κ3) is 4.64.